The van der Waals surface area contributed by atoms with Crippen molar-refractivity contribution in [3.63, 3.8) is 0 Å². The number of esters is 1. The zero-order valence-electron chi connectivity index (χ0n) is 14.8. The number of para-hydroxylation sites is 1. The van der Waals surface area contributed by atoms with Gasteiger partial charge in [-0.1, -0.05) is 39.8 Å². The summed E-state index contributed by atoms with van der Waals surface area (Å²) >= 11 is 0. The number of ether oxygens (including phenoxy) is 1. The van der Waals surface area contributed by atoms with Crippen molar-refractivity contribution >= 4 is 16.1 Å². The molecule has 1 unspecified atom stereocenters. The van der Waals surface area contributed by atoms with Gasteiger partial charge in [0.1, 0.15) is 4.90 Å². The van der Waals surface area contributed by atoms with Crippen LogP contribution in [-0.4, -0.2) is 18.9 Å². The van der Waals surface area contributed by atoms with Crippen LogP contribution in [0.3, 0.4) is 0 Å². The maximum Gasteiger partial charge on any atom is 1.00 e. The molecule has 0 saturated heterocycles. The number of carbonyl (C=O) groups is 1. The molecule has 0 saturated carbocycles. The van der Waals surface area contributed by atoms with E-state index in [1.54, 1.807) is 0 Å². The van der Waals surface area contributed by atoms with Gasteiger partial charge in [0.2, 0.25) is 0 Å². The molecule has 5 nitrogen and oxygen atoms in total. The molecule has 1 atom stereocenters. The summed E-state index contributed by atoms with van der Waals surface area (Å²) in [6.07, 6.45) is 1.04. The molecule has 1 rings (SSSR count). The first-order chi connectivity index (χ1) is 9.49. The van der Waals surface area contributed by atoms with Gasteiger partial charge in [0.25, 0.3) is 10.1 Å². The summed E-state index contributed by atoms with van der Waals surface area (Å²) in [5, 5.41) is 0. The Bertz CT molecular complexity index is 611. The summed E-state index contributed by atoms with van der Waals surface area (Å²) in [7, 11) is -4.41. The quantitative estimate of drug-likeness (QED) is 0.364. The molecule has 0 aliphatic heterocycles. The Kier molecular flexibility index (Phi) is 8.30. The zero-order valence-corrected chi connectivity index (χ0v) is 16.6. The smallest absolute Gasteiger partial charge is 1.00 e. The van der Waals surface area contributed by atoms with E-state index in [2.05, 4.69) is 20.8 Å². The van der Waals surface area contributed by atoms with E-state index in [9.17, 15) is 13.2 Å². The van der Waals surface area contributed by atoms with Crippen molar-refractivity contribution in [2.75, 3.05) is 0 Å². The second-order valence-corrected chi connectivity index (χ2v) is 7.86. The number of carbonyl (C=O) groups excluding carboxylic acids is 1. The first-order valence-corrected chi connectivity index (χ1v) is 8.20. The van der Waals surface area contributed by atoms with Crippen LogP contribution in [0.25, 0.3) is 0 Å². The molecule has 7 heteroatoms. The van der Waals surface area contributed by atoms with Crippen LogP contribution in [0.1, 0.15) is 42.0 Å². The Morgan fingerprint density at radius 2 is 1.86 bits per heavy atom. The Labute approximate surface area is 156 Å². The van der Waals surface area contributed by atoms with Crippen LogP contribution in [0.15, 0.2) is 29.2 Å². The first-order valence-electron chi connectivity index (χ1n) is 6.76. The maximum atomic E-state index is 11.9. The molecule has 0 amide bonds. The largest absolute Gasteiger partial charge is 1.00 e. The molecule has 120 valence electrons. The summed E-state index contributed by atoms with van der Waals surface area (Å²) < 4.78 is 36.6. The van der Waals surface area contributed by atoms with E-state index in [4.69, 9.17) is 9.29 Å². The van der Waals surface area contributed by atoms with E-state index in [0.717, 1.165) is 6.42 Å². The molecule has 0 bridgehead atoms. The fourth-order valence-corrected chi connectivity index (χ4v) is 2.93. The van der Waals surface area contributed by atoms with E-state index in [0.29, 0.717) is 0 Å². The minimum atomic E-state index is -4.41. The predicted octanol–water partition coefficient (Wildman–Crippen LogP) is 0.418. The van der Waals surface area contributed by atoms with E-state index in [-0.39, 0.29) is 54.5 Å². The summed E-state index contributed by atoms with van der Waals surface area (Å²) in [4.78, 5) is 11.5. The second-order valence-electron chi connectivity index (χ2n) is 6.47. The monoisotopic (exact) mass is 338 g/mol. The van der Waals surface area contributed by atoms with Crippen LogP contribution in [0.4, 0.5) is 0 Å². The summed E-state index contributed by atoms with van der Waals surface area (Å²) in [6, 6.07) is 5.52. The van der Waals surface area contributed by atoms with Gasteiger partial charge in [0.15, 0.2) is 5.75 Å². The minimum absolute atomic E-state index is 0. The summed E-state index contributed by atoms with van der Waals surface area (Å²) in [6.45, 7) is 8.20. The van der Waals surface area contributed by atoms with Gasteiger partial charge in [-0.2, -0.15) is 8.42 Å². The van der Waals surface area contributed by atoms with Crippen LogP contribution in [0.2, 0.25) is 0 Å². The van der Waals surface area contributed by atoms with E-state index < -0.39 is 21.0 Å². The molecular formula is C15H23NaO5S. The molecule has 0 aliphatic carbocycles. The van der Waals surface area contributed by atoms with Crippen molar-refractivity contribution in [1.82, 2.24) is 0 Å². The Hall–Kier alpha value is -0.400. The topological polar surface area (TPSA) is 80.7 Å². The Morgan fingerprint density at radius 1 is 1.32 bits per heavy atom. The first kappa shape index (κ1) is 21.6. The second kappa shape index (κ2) is 8.45. The molecule has 0 aromatic heterocycles. The van der Waals surface area contributed by atoms with E-state index in [1.165, 1.54) is 24.3 Å². The van der Waals surface area contributed by atoms with Crippen LogP contribution in [0, 0.1) is 11.3 Å². The van der Waals surface area contributed by atoms with Gasteiger partial charge in [-0.25, -0.2) is 0 Å². The van der Waals surface area contributed by atoms with Crippen molar-refractivity contribution in [3.8, 4) is 5.75 Å². The number of benzene rings is 1. The Morgan fingerprint density at radius 3 is 2.36 bits per heavy atom. The molecule has 0 aliphatic rings. The normalized spacial score (nSPS) is 13.1. The van der Waals surface area contributed by atoms with Crippen molar-refractivity contribution in [2.24, 2.45) is 11.3 Å². The third kappa shape index (κ3) is 7.74. The number of hydrogen-bond donors (Lipinski definition) is 1. The van der Waals surface area contributed by atoms with Gasteiger partial charge in [0, 0.05) is 6.42 Å². The van der Waals surface area contributed by atoms with Crippen LogP contribution >= 0.6 is 0 Å². The van der Waals surface area contributed by atoms with Crippen molar-refractivity contribution in [2.45, 2.75) is 45.4 Å². The fourth-order valence-electron chi connectivity index (χ4n) is 2.31. The van der Waals surface area contributed by atoms with Crippen LogP contribution in [-0.2, 0) is 14.9 Å². The molecule has 0 radical (unpaired) electrons. The van der Waals surface area contributed by atoms with E-state index in [1.807, 2.05) is 6.92 Å². The van der Waals surface area contributed by atoms with Gasteiger partial charge in [-0.05, 0) is 29.9 Å². The molecule has 22 heavy (non-hydrogen) atoms. The maximum absolute atomic E-state index is 11.9. The summed E-state index contributed by atoms with van der Waals surface area (Å²) in [5.74, 6) is -0.536. The molecule has 0 fully saturated rings. The van der Waals surface area contributed by atoms with Gasteiger partial charge in [-0.3, -0.25) is 9.35 Å². The van der Waals surface area contributed by atoms with Crippen molar-refractivity contribution in [3.05, 3.63) is 24.3 Å². The number of rotatable bonds is 5. The van der Waals surface area contributed by atoms with Crippen molar-refractivity contribution in [1.29, 1.82) is 0 Å². The van der Waals surface area contributed by atoms with Crippen LogP contribution in [0.5, 0.6) is 5.75 Å². The molecule has 1 N–H and O–H groups in total. The zero-order chi connectivity index (χ0) is 16.3. The van der Waals surface area contributed by atoms with Gasteiger partial charge >= 0.3 is 35.5 Å². The molecule has 0 spiro atoms. The predicted molar refractivity (Wildman–Crippen MR) is 80.9 cm³/mol. The van der Waals surface area contributed by atoms with Crippen molar-refractivity contribution < 1.29 is 53.5 Å². The molecular weight excluding hydrogens is 315 g/mol. The minimum Gasteiger partial charge on any atom is -1.00 e. The van der Waals surface area contributed by atoms with Gasteiger partial charge in [0.05, 0.1) is 0 Å². The molecule has 1 aromatic carbocycles. The summed E-state index contributed by atoms with van der Waals surface area (Å²) in [5.41, 5.74) is 0.103. The average molecular weight is 338 g/mol. The van der Waals surface area contributed by atoms with E-state index >= 15 is 0 Å². The Balaban J connectivity index is 0. The third-order valence-electron chi connectivity index (χ3n) is 2.83. The van der Waals surface area contributed by atoms with Gasteiger partial charge in [-0.15, -0.1) is 0 Å². The number of hydrogen-bond acceptors (Lipinski definition) is 4. The fraction of sp³-hybridized carbons (Fsp3) is 0.533. The SMILES string of the molecule is CC(CC(=O)Oc1ccccc1S(=O)(=O)O)CC(C)(C)C.[H-].[Na+]. The third-order valence-corrected chi connectivity index (χ3v) is 3.72. The molecule has 1 aromatic rings. The standard InChI is InChI=1S/C15H22O5S.Na.H/c1-11(10-15(2,3)4)9-14(16)20-12-7-5-6-8-13(12)21(17,18)19;;/h5-8,11H,9-10H2,1-4H3,(H,17,18,19);;/q;+1;-1. The van der Waals surface area contributed by atoms with Gasteiger partial charge < -0.3 is 6.16 Å². The van der Waals surface area contributed by atoms with Crippen LogP contribution < -0.4 is 34.3 Å². The average Bonchev–Trinajstić information content (AvgIpc) is 2.24. The molecule has 0 heterocycles.